The van der Waals surface area contributed by atoms with Gasteiger partial charge in [0.2, 0.25) is 5.95 Å². The van der Waals surface area contributed by atoms with Crippen LogP contribution in [0.25, 0.3) is 0 Å². The summed E-state index contributed by atoms with van der Waals surface area (Å²) in [5, 5.41) is 11.7. The average Bonchev–Trinajstić information content (AvgIpc) is 2.56. The molecule has 8 nitrogen and oxygen atoms in total. The number of benzene rings is 1. The van der Waals surface area contributed by atoms with Gasteiger partial charge in [0.1, 0.15) is 5.56 Å². The van der Waals surface area contributed by atoms with E-state index in [1.165, 1.54) is 0 Å². The summed E-state index contributed by atoms with van der Waals surface area (Å²) < 4.78 is 5.32. The van der Waals surface area contributed by atoms with E-state index in [0.717, 1.165) is 43.9 Å². The number of nitrogens with one attached hydrogen (secondary N) is 2. The molecule has 1 aromatic carbocycles. The molecule has 9 heteroatoms. The number of morpholine rings is 1. The quantitative estimate of drug-likeness (QED) is 0.562. The maximum atomic E-state index is 11.6. The first-order valence-electron chi connectivity index (χ1n) is 7.16. The summed E-state index contributed by atoms with van der Waals surface area (Å²) >= 11 is 0. The van der Waals surface area contributed by atoms with Crippen molar-refractivity contribution in [2.75, 3.05) is 36.5 Å². The first kappa shape index (κ1) is 18.5. The summed E-state index contributed by atoms with van der Waals surface area (Å²) in [5.74, 6) is -1.11. The monoisotopic (exact) mass is 340 g/mol. The SMILES string of the molecule is O=C(O)c1cnc(Nc2ccc(N3CCOCC3)cc2)[nH]c1=O.[H-].[Na+]. The number of rotatable bonds is 4. The van der Waals surface area contributed by atoms with Crippen LogP contribution in [0.5, 0.6) is 0 Å². The Kier molecular flexibility index (Phi) is 6.38. The fraction of sp³-hybridized carbons (Fsp3) is 0.267. The van der Waals surface area contributed by atoms with Gasteiger partial charge in [0, 0.05) is 24.5 Å². The summed E-state index contributed by atoms with van der Waals surface area (Å²) in [5.41, 5.74) is 0.757. The Bertz CT molecular complexity index is 763. The molecule has 2 aromatic rings. The normalized spacial score (nSPS) is 13.9. The van der Waals surface area contributed by atoms with Gasteiger partial charge in [0.25, 0.3) is 5.56 Å². The number of carboxylic acid groups (broad SMARTS) is 1. The third-order valence-corrected chi connectivity index (χ3v) is 3.54. The van der Waals surface area contributed by atoms with Crippen molar-refractivity contribution in [2.24, 2.45) is 0 Å². The second-order valence-corrected chi connectivity index (χ2v) is 5.05. The molecule has 2 heterocycles. The van der Waals surface area contributed by atoms with Crippen molar-refractivity contribution in [2.45, 2.75) is 0 Å². The molecule has 0 amide bonds. The minimum Gasteiger partial charge on any atom is -1.00 e. The minimum absolute atomic E-state index is 0. The third kappa shape index (κ3) is 4.35. The molecule has 1 aromatic heterocycles. The Labute approximate surface area is 161 Å². The van der Waals surface area contributed by atoms with Crippen molar-refractivity contribution >= 4 is 23.3 Å². The number of carboxylic acids is 1. The Hall–Kier alpha value is -1.87. The zero-order valence-electron chi connectivity index (χ0n) is 14.3. The molecule has 1 saturated heterocycles. The Morgan fingerprint density at radius 2 is 1.96 bits per heavy atom. The van der Waals surface area contributed by atoms with Crippen LogP contribution in [0.3, 0.4) is 0 Å². The van der Waals surface area contributed by atoms with Crippen molar-refractivity contribution in [1.29, 1.82) is 0 Å². The number of anilines is 3. The van der Waals surface area contributed by atoms with E-state index in [1.807, 2.05) is 24.3 Å². The van der Waals surface area contributed by atoms with Crippen LogP contribution in [0.15, 0.2) is 35.3 Å². The van der Waals surface area contributed by atoms with E-state index in [2.05, 4.69) is 20.2 Å². The number of aromatic carboxylic acids is 1. The topological polar surface area (TPSA) is 108 Å². The van der Waals surface area contributed by atoms with Crippen molar-refractivity contribution in [3.05, 3.63) is 46.4 Å². The largest absolute Gasteiger partial charge is 1.00 e. The number of nitrogens with zero attached hydrogens (tertiary/aromatic N) is 2. The predicted octanol–water partition coefficient (Wildman–Crippen LogP) is -1.84. The van der Waals surface area contributed by atoms with Crippen molar-refractivity contribution in [3.63, 3.8) is 0 Å². The molecule has 0 saturated carbocycles. The van der Waals surface area contributed by atoms with Gasteiger partial charge in [-0.2, -0.15) is 0 Å². The van der Waals surface area contributed by atoms with Crippen molar-refractivity contribution in [3.8, 4) is 0 Å². The van der Waals surface area contributed by atoms with Crippen LogP contribution in [0.1, 0.15) is 11.8 Å². The molecule has 24 heavy (non-hydrogen) atoms. The molecule has 3 rings (SSSR count). The van der Waals surface area contributed by atoms with Gasteiger partial charge in [0.05, 0.1) is 19.4 Å². The maximum absolute atomic E-state index is 11.6. The summed E-state index contributed by atoms with van der Waals surface area (Å²) in [6, 6.07) is 7.68. The smallest absolute Gasteiger partial charge is 1.00 e. The van der Waals surface area contributed by atoms with Crippen LogP contribution in [0, 0.1) is 0 Å². The summed E-state index contributed by atoms with van der Waals surface area (Å²) in [7, 11) is 0. The third-order valence-electron chi connectivity index (χ3n) is 3.54. The number of hydrogen-bond acceptors (Lipinski definition) is 6. The van der Waals surface area contributed by atoms with Gasteiger partial charge in [-0.1, -0.05) is 0 Å². The van der Waals surface area contributed by atoms with Crippen LogP contribution in [0.2, 0.25) is 0 Å². The fourth-order valence-electron chi connectivity index (χ4n) is 2.32. The molecule has 0 radical (unpaired) electrons. The number of H-pyrrole nitrogens is 1. The van der Waals surface area contributed by atoms with Crippen LogP contribution in [-0.2, 0) is 4.74 Å². The molecule has 0 unspecified atom stereocenters. The van der Waals surface area contributed by atoms with Gasteiger partial charge < -0.3 is 21.5 Å². The van der Waals surface area contributed by atoms with Crippen LogP contribution < -0.4 is 45.3 Å². The van der Waals surface area contributed by atoms with Crippen LogP contribution in [0.4, 0.5) is 17.3 Å². The van der Waals surface area contributed by atoms with E-state index in [0.29, 0.717) is 0 Å². The molecule has 1 fully saturated rings. The molecule has 0 spiro atoms. The molecule has 0 atom stereocenters. The zero-order valence-corrected chi connectivity index (χ0v) is 15.3. The minimum atomic E-state index is -1.31. The van der Waals surface area contributed by atoms with Gasteiger partial charge in [-0.25, -0.2) is 9.78 Å². The molecule has 0 aliphatic carbocycles. The number of ether oxygens (including phenoxy) is 1. The summed E-state index contributed by atoms with van der Waals surface area (Å²) in [6.07, 6.45) is 1.03. The average molecular weight is 340 g/mol. The van der Waals surface area contributed by atoms with Crippen molar-refractivity contribution in [1.82, 2.24) is 9.97 Å². The van der Waals surface area contributed by atoms with Crippen LogP contribution >= 0.6 is 0 Å². The number of hydrogen-bond donors (Lipinski definition) is 3. The van der Waals surface area contributed by atoms with E-state index >= 15 is 0 Å². The van der Waals surface area contributed by atoms with E-state index in [9.17, 15) is 9.59 Å². The van der Waals surface area contributed by atoms with Gasteiger partial charge in [-0.05, 0) is 24.3 Å². The number of aromatic amines is 1. The zero-order chi connectivity index (χ0) is 16.2. The first-order valence-corrected chi connectivity index (χ1v) is 7.16. The maximum Gasteiger partial charge on any atom is 1.00 e. The van der Waals surface area contributed by atoms with E-state index in [4.69, 9.17) is 9.84 Å². The van der Waals surface area contributed by atoms with E-state index in [-0.39, 0.29) is 36.9 Å². The summed E-state index contributed by atoms with van der Waals surface area (Å²) in [4.78, 5) is 30.9. The molecular formula is C15H17N4NaO4. The fourth-order valence-corrected chi connectivity index (χ4v) is 2.32. The second kappa shape index (κ2) is 8.29. The van der Waals surface area contributed by atoms with E-state index in [1.54, 1.807) is 0 Å². The predicted molar refractivity (Wildman–Crippen MR) is 85.7 cm³/mol. The van der Waals surface area contributed by atoms with Gasteiger partial charge in [-0.3, -0.25) is 9.78 Å². The van der Waals surface area contributed by atoms with Crippen LogP contribution in [-0.4, -0.2) is 47.3 Å². The standard InChI is InChI=1S/C15H16N4O4.Na.H/c20-13-12(14(21)22)9-16-15(18-13)17-10-1-3-11(4-2-10)19-5-7-23-8-6-19;;/h1-4,9H,5-8H2,(H,21,22)(H2,16,17,18,20);;/q;+1;-1. The molecular weight excluding hydrogens is 323 g/mol. The summed E-state index contributed by atoms with van der Waals surface area (Å²) in [6.45, 7) is 3.17. The number of carbonyl (C=O) groups is 1. The molecule has 0 bridgehead atoms. The Morgan fingerprint density at radius 3 is 2.54 bits per heavy atom. The number of aromatic nitrogens is 2. The second-order valence-electron chi connectivity index (χ2n) is 5.05. The molecule has 122 valence electrons. The molecule has 3 N–H and O–H groups in total. The van der Waals surface area contributed by atoms with E-state index < -0.39 is 17.1 Å². The first-order chi connectivity index (χ1) is 11.1. The van der Waals surface area contributed by atoms with Gasteiger partial charge in [0.15, 0.2) is 0 Å². The molecule has 1 aliphatic rings. The van der Waals surface area contributed by atoms with Gasteiger partial charge >= 0.3 is 35.5 Å². The van der Waals surface area contributed by atoms with Crippen molar-refractivity contribution < 1.29 is 45.6 Å². The molecule has 1 aliphatic heterocycles. The Morgan fingerprint density at radius 1 is 1.29 bits per heavy atom. The van der Waals surface area contributed by atoms with Gasteiger partial charge in [-0.15, -0.1) is 0 Å². The Balaban J connectivity index is 0.00000156.